The number of halogens is 1. The quantitative estimate of drug-likeness (QED) is 0.661. The van der Waals surface area contributed by atoms with Crippen molar-refractivity contribution in [3.8, 4) is 0 Å². The van der Waals surface area contributed by atoms with Gasteiger partial charge in [-0.1, -0.05) is 0 Å². The molecule has 12 heavy (non-hydrogen) atoms. The van der Waals surface area contributed by atoms with Crippen molar-refractivity contribution in [3.05, 3.63) is 29.6 Å². The molecule has 64 valence electrons. The van der Waals surface area contributed by atoms with Gasteiger partial charge in [-0.2, -0.15) is 0 Å². The molecule has 0 saturated heterocycles. The molecule has 3 heteroatoms. The highest BCUT2D eigenvalue weighted by atomic mass is 19.1. The molecule has 1 unspecified atom stereocenters. The smallest absolute Gasteiger partial charge is 0.123 e. The average molecular weight is 167 g/mol. The minimum Gasteiger partial charge on any atom is -0.396 e. The fourth-order valence-electron chi connectivity index (χ4n) is 1.54. The minimum atomic E-state index is -0.240. The van der Waals surface area contributed by atoms with E-state index in [9.17, 15) is 4.39 Å². The summed E-state index contributed by atoms with van der Waals surface area (Å²) in [5.74, 6) is -0.188. The monoisotopic (exact) mass is 167 g/mol. The zero-order valence-electron chi connectivity index (χ0n) is 6.55. The standard InChI is InChI=1S/C9H10FNO/c10-7-1-2-9-8(3-7)6(5-12)4-11-9/h1-3,6,11-12H,4-5H2. The van der Waals surface area contributed by atoms with Crippen molar-refractivity contribution in [1.82, 2.24) is 0 Å². The van der Waals surface area contributed by atoms with Crippen LogP contribution in [-0.4, -0.2) is 18.3 Å². The fourth-order valence-corrected chi connectivity index (χ4v) is 1.54. The van der Waals surface area contributed by atoms with Gasteiger partial charge in [-0.05, 0) is 23.8 Å². The van der Waals surface area contributed by atoms with E-state index in [0.29, 0.717) is 6.54 Å². The molecule has 1 aromatic carbocycles. The van der Waals surface area contributed by atoms with Crippen LogP contribution in [0.5, 0.6) is 0 Å². The molecule has 1 aromatic rings. The molecule has 0 amide bonds. The molecule has 1 aliphatic rings. The SMILES string of the molecule is OCC1CNc2ccc(F)cc21. The Bertz CT molecular complexity index is 301. The van der Waals surface area contributed by atoms with E-state index in [1.165, 1.54) is 12.1 Å². The van der Waals surface area contributed by atoms with Crippen LogP contribution < -0.4 is 5.32 Å². The lowest BCUT2D eigenvalue weighted by Gasteiger charge is -2.04. The zero-order valence-corrected chi connectivity index (χ0v) is 6.55. The van der Waals surface area contributed by atoms with Crippen LogP contribution in [0, 0.1) is 5.82 Å². The van der Waals surface area contributed by atoms with Crippen molar-refractivity contribution in [2.24, 2.45) is 0 Å². The summed E-state index contributed by atoms with van der Waals surface area (Å²) < 4.78 is 12.8. The van der Waals surface area contributed by atoms with Crippen LogP contribution in [0.3, 0.4) is 0 Å². The second kappa shape index (κ2) is 2.75. The number of rotatable bonds is 1. The van der Waals surface area contributed by atoms with Crippen LogP contribution in [-0.2, 0) is 0 Å². The van der Waals surface area contributed by atoms with Gasteiger partial charge >= 0.3 is 0 Å². The fraction of sp³-hybridized carbons (Fsp3) is 0.333. The Morgan fingerprint density at radius 1 is 1.58 bits per heavy atom. The Morgan fingerprint density at radius 3 is 3.17 bits per heavy atom. The Balaban J connectivity index is 2.42. The molecule has 2 nitrogen and oxygen atoms in total. The Hall–Kier alpha value is -1.09. The van der Waals surface area contributed by atoms with Crippen LogP contribution in [0.4, 0.5) is 10.1 Å². The first-order chi connectivity index (χ1) is 5.81. The average Bonchev–Trinajstić information content (AvgIpc) is 2.46. The van der Waals surface area contributed by atoms with Gasteiger partial charge in [0.2, 0.25) is 0 Å². The van der Waals surface area contributed by atoms with Crippen LogP contribution in [0.2, 0.25) is 0 Å². The van der Waals surface area contributed by atoms with E-state index < -0.39 is 0 Å². The largest absolute Gasteiger partial charge is 0.396 e. The molecule has 0 spiro atoms. The normalized spacial score (nSPS) is 20.3. The molecule has 1 aliphatic heterocycles. The zero-order chi connectivity index (χ0) is 8.55. The summed E-state index contributed by atoms with van der Waals surface area (Å²) in [5, 5.41) is 12.0. The number of fused-ring (bicyclic) bond motifs is 1. The Morgan fingerprint density at radius 2 is 2.42 bits per heavy atom. The van der Waals surface area contributed by atoms with Gasteiger partial charge in [-0.25, -0.2) is 4.39 Å². The molecule has 0 aliphatic carbocycles. The van der Waals surface area contributed by atoms with Crippen LogP contribution in [0.15, 0.2) is 18.2 Å². The second-order valence-electron chi connectivity index (χ2n) is 2.99. The van der Waals surface area contributed by atoms with Crippen molar-refractivity contribution in [2.75, 3.05) is 18.5 Å². The first-order valence-corrected chi connectivity index (χ1v) is 3.95. The van der Waals surface area contributed by atoms with E-state index in [2.05, 4.69) is 5.32 Å². The topological polar surface area (TPSA) is 32.3 Å². The molecule has 0 fully saturated rings. The number of aliphatic hydroxyl groups is 1. The summed E-state index contributed by atoms with van der Waals surface area (Å²) in [6, 6.07) is 4.61. The van der Waals surface area contributed by atoms with E-state index in [0.717, 1.165) is 11.3 Å². The molecule has 0 saturated carbocycles. The molecule has 0 radical (unpaired) electrons. The third-order valence-corrected chi connectivity index (χ3v) is 2.21. The van der Waals surface area contributed by atoms with Gasteiger partial charge in [0, 0.05) is 18.2 Å². The third kappa shape index (κ3) is 1.06. The summed E-state index contributed by atoms with van der Waals surface area (Å²) in [6.07, 6.45) is 0. The minimum absolute atomic E-state index is 0.0516. The molecule has 2 N–H and O–H groups in total. The number of hydrogen-bond acceptors (Lipinski definition) is 2. The van der Waals surface area contributed by atoms with Crippen molar-refractivity contribution < 1.29 is 9.50 Å². The molecule has 1 heterocycles. The molecule has 1 atom stereocenters. The number of anilines is 1. The maximum atomic E-state index is 12.8. The van der Waals surface area contributed by atoms with Crippen LogP contribution >= 0.6 is 0 Å². The predicted molar refractivity (Wildman–Crippen MR) is 44.7 cm³/mol. The van der Waals surface area contributed by atoms with Gasteiger partial charge in [0.15, 0.2) is 0 Å². The molecule has 0 aromatic heterocycles. The maximum absolute atomic E-state index is 12.8. The Labute approximate surface area is 70.0 Å². The van der Waals surface area contributed by atoms with Crippen molar-refractivity contribution in [2.45, 2.75) is 5.92 Å². The number of benzene rings is 1. The summed E-state index contributed by atoms with van der Waals surface area (Å²) in [7, 11) is 0. The summed E-state index contributed by atoms with van der Waals surface area (Å²) in [6.45, 7) is 0.777. The highest BCUT2D eigenvalue weighted by Gasteiger charge is 2.21. The van der Waals surface area contributed by atoms with Gasteiger partial charge in [-0.3, -0.25) is 0 Å². The lowest BCUT2D eigenvalue weighted by Crippen LogP contribution is -2.05. The van der Waals surface area contributed by atoms with Gasteiger partial charge in [0.05, 0.1) is 6.61 Å². The van der Waals surface area contributed by atoms with Crippen molar-refractivity contribution in [1.29, 1.82) is 0 Å². The van der Waals surface area contributed by atoms with Crippen LogP contribution in [0.25, 0.3) is 0 Å². The van der Waals surface area contributed by atoms with E-state index in [1.807, 2.05) is 0 Å². The second-order valence-corrected chi connectivity index (χ2v) is 2.99. The number of hydrogen-bond donors (Lipinski definition) is 2. The van der Waals surface area contributed by atoms with Gasteiger partial charge in [-0.15, -0.1) is 0 Å². The molecular formula is C9H10FNO. The third-order valence-electron chi connectivity index (χ3n) is 2.21. The summed E-state index contributed by atoms with van der Waals surface area (Å²) in [4.78, 5) is 0. The lowest BCUT2D eigenvalue weighted by molar-refractivity contribution is 0.273. The van der Waals surface area contributed by atoms with Crippen molar-refractivity contribution >= 4 is 5.69 Å². The first kappa shape index (κ1) is 7.55. The van der Waals surface area contributed by atoms with Gasteiger partial charge in [0.1, 0.15) is 5.82 Å². The lowest BCUT2D eigenvalue weighted by atomic mass is 10.0. The van der Waals surface area contributed by atoms with Gasteiger partial charge in [0.25, 0.3) is 0 Å². The maximum Gasteiger partial charge on any atom is 0.123 e. The van der Waals surface area contributed by atoms with Gasteiger partial charge < -0.3 is 10.4 Å². The highest BCUT2D eigenvalue weighted by Crippen LogP contribution is 2.31. The number of nitrogens with one attached hydrogen (secondary N) is 1. The molecule has 0 bridgehead atoms. The molecule has 2 rings (SSSR count). The summed E-state index contributed by atoms with van der Waals surface area (Å²) in [5.41, 5.74) is 1.83. The van der Waals surface area contributed by atoms with Crippen LogP contribution in [0.1, 0.15) is 11.5 Å². The van der Waals surface area contributed by atoms with Crippen molar-refractivity contribution in [3.63, 3.8) is 0 Å². The summed E-state index contributed by atoms with van der Waals surface area (Å²) >= 11 is 0. The van der Waals surface area contributed by atoms with E-state index in [4.69, 9.17) is 5.11 Å². The van der Waals surface area contributed by atoms with E-state index in [1.54, 1.807) is 6.07 Å². The molecular weight excluding hydrogens is 157 g/mol. The van der Waals surface area contributed by atoms with E-state index in [-0.39, 0.29) is 18.3 Å². The van der Waals surface area contributed by atoms with E-state index >= 15 is 0 Å². The highest BCUT2D eigenvalue weighted by molar-refractivity contribution is 5.57. The number of aliphatic hydroxyl groups excluding tert-OH is 1. The predicted octanol–water partition coefficient (Wildman–Crippen LogP) is 1.33. The Kier molecular flexibility index (Phi) is 1.73. The first-order valence-electron chi connectivity index (χ1n) is 3.95.